The lowest BCUT2D eigenvalue weighted by Crippen LogP contribution is -2.35. The Kier molecular flexibility index (Phi) is 3.22. The molecule has 0 fully saturated rings. The van der Waals surface area contributed by atoms with Gasteiger partial charge in [0.1, 0.15) is 0 Å². The van der Waals surface area contributed by atoms with Gasteiger partial charge in [0.25, 0.3) is 0 Å². The summed E-state index contributed by atoms with van der Waals surface area (Å²) in [6.07, 6.45) is 0.439. The lowest BCUT2D eigenvalue weighted by atomic mass is 10.1. The first kappa shape index (κ1) is 13.7. The molecule has 0 radical (unpaired) electrons. The van der Waals surface area contributed by atoms with Crippen molar-refractivity contribution in [1.82, 2.24) is 4.98 Å². The molecule has 0 aliphatic carbocycles. The van der Waals surface area contributed by atoms with Crippen molar-refractivity contribution in [3.63, 3.8) is 0 Å². The Hall–Kier alpha value is -1.69. The van der Waals surface area contributed by atoms with Crippen molar-refractivity contribution < 1.29 is 28.6 Å². The van der Waals surface area contributed by atoms with Crippen LogP contribution >= 0.6 is 7.60 Å². The van der Waals surface area contributed by atoms with Crippen LogP contribution in [0.5, 0.6) is 0 Å². The van der Waals surface area contributed by atoms with Gasteiger partial charge < -0.3 is 19.9 Å². The average Bonchev–Trinajstić information content (AvgIpc) is 2.71. The number of benzene rings is 1. The number of fused-ring (bicyclic) bond motifs is 1. The van der Waals surface area contributed by atoms with E-state index < -0.39 is 25.4 Å². The number of hydrogen-bond donors (Lipinski definition) is 4. The van der Waals surface area contributed by atoms with Crippen molar-refractivity contribution in [1.29, 1.82) is 0 Å². The maximum absolute atomic E-state index is 14.1. The monoisotopic (exact) mass is 287 g/mol. The molecule has 0 bridgehead atoms. The van der Waals surface area contributed by atoms with E-state index in [1.165, 1.54) is 6.20 Å². The number of H-pyrrole nitrogens is 1. The van der Waals surface area contributed by atoms with Crippen LogP contribution in [-0.2, 0) is 15.8 Å². The van der Waals surface area contributed by atoms with Crippen molar-refractivity contribution in [2.75, 3.05) is 0 Å². The molecule has 2 aromatic rings. The summed E-state index contributed by atoms with van der Waals surface area (Å²) >= 11 is 0. The summed E-state index contributed by atoms with van der Waals surface area (Å²) in [7, 11) is -5.44. The van der Waals surface area contributed by atoms with Gasteiger partial charge in [-0.05, 0) is 11.6 Å². The average molecular weight is 287 g/mol. The predicted molar refractivity (Wildman–Crippen MR) is 65.5 cm³/mol. The molecule has 1 aromatic heterocycles. The molecule has 1 atom stereocenters. The fourth-order valence-electron chi connectivity index (χ4n) is 1.83. The number of carboxylic acids is 1. The van der Waals surface area contributed by atoms with Crippen LogP contribution in [-0.4, -0.2) is 31.3 Å². The van der Waals surface area contributed by atoms with E-state index in [9.17, 15) is 13.8 Å². The number of hydrogen-bond acceptors (Lipinski definition) is 2. The smallest absolute Gasteiger partial charge is 0.374 e. The third-order valence-electron chi connectivity index (χ3n) is 2.89. The van der Waals surface area contributed by atoms with Gasteiger partial charge in [-0.2, -0.15) is 0 Å². The first-order valence-electron chi connectivity index (χ1n) is 5.28. The van der Waals surface area contributed by atoms with Gasteiger partial charge in [-0.15, -0.1) is 0 Å². The maximum Gasteiger partial charge on any atom is 0.374 e. The first-order valence-corrected chi connectivity index (χ1v) is 6.90. The number of aromatic amines is 1. The quantitative estimate of drug-likeness (QED) is 0.639. The molecule has 102 valence electrons. The first-order chi connectivity index (χ1) is 8.75. The fourth-order valence-corrected chi connectivity index (χ4v) is 2.46. The number of aromatic nitrogens is 1. The number of aliphatic carboxylic acids is 1. The molecule has 0 spiro atoms. The summed E-state index contributed by atoms with van der Waals surface area (Å²) in [6.45, 7) is 0. The number of rotatable bonds is 4. The molecule has 0 saturated heterocycles. The molecule has 1 unspecified atom stereocenters. The van der Waals surface area contributed by atoms with E-state index in [4.69, 9.17) is 14.9 Å². The van der Waals surface area contributed by atoms with Crippen molar-refractivity contribution in [3.8, 4) is 0 Å². The minimum absolute atomic E-state index is 0.198. The van der Waals surface area contributed by atoms with Crippen LogP contribution in [0.1, 0.15) is 5.56 Å². The van der Waals surface area contributed by atoms with E-state index in [0.29, 0.717) is 10.9 Å². The SMILES string of the molecule is O=C(O)C(F)(Cc1c[nH]c2ccccc12)P(=O)(O)O. The predicted octanol–water partition coefficient (Wildman–Crippen LogP) is 1.64. The van der Waals surface area contributed by atoms with E-state index in [-0.39, 0.29) is 5.56 Å². The highest BCUT2D eigenvalue weighted by Gasteiger charge is 2.55. The minimum atomic E-state index is -5.44. The molecule has 0 amide bonds. The minimum Gasteiger partial charge on any atom is -0.478 e. The summed E-state index contributed by atoms with van der Waals surface area (Å²) in [5.41, 5.74) is 0.833. The summed E-state index contributed by atoms with van der Waals surface area (Å²) in [5, 5.41) is 5.66. The van der Waals surface area contributed by atoms with Gasteiger partial charge in [-0.3, -0.25) is 4.57 Å². The van der Waals surface area contributed by atoms with E-state index in [1.54, 1.807) is 24.3 Å². The third kappa shape index (κ3) is 2.28. The Balaban J connectivity index is 2.49. The Morgan fingerprint density at radius 3 is 2.58 bits per heavy atom. The van der Waals surface area contributed by atoms with Crippen LogP contribution in [0.15, 0.2) is 30.5 Å². The molecular formula is C11H11FNO5P. The lowest BCUT2D eigenvalue weighted by molar-refractivity contribution is -0.146. The van der Waals surface area contributed by atoms with Crippen LogP contribution in [0.4, 0.5) is 4.39 Å². The largest absolute Gasteiger partial charge is 0.478 e. The van der Waals surface area contributed by atoms with E-state index >= 15 is 0 Å². The van der Waals surface area contributed by atoms with Crippen molar-refractivity contribution in [3.05, 3.63) is 36.0 Å². The van der Waals surface area contributed by atoms with Gasteiger partial charge >= 0.3 is 19.0 Å². The highest BCUT2D eigenvalue weighted by atomic mass is 31.2. The van der Waals surface area contributed by atoms with Gasteiger partial charge in [-0.25, -0.2) is 9.18 Å². The highest BCUT2D eigenvalue weighted by Crippen LogP contribution is 2.53. The molecule has 8 heteroatoms. The van der Waals surface area contributed by atoms with Crippen LogP contribution in [0.3, 0.4) is 0 Å². The summed E-state index contributed by atoms with van der Waals surface area (Å²) in [5.74, 6) is -2.17. The van der Waals surface area contributed by atoms with Gasteiger partial charge in [0, 0.05) is 23.5 Å². The standard InChI is InChI=1S/C11H11FNO5P/c12-11(10(14)15,19(16,17)18)5-7-6-13-9-4-2-1-3-8(7)9/h1-4,6,13H,5H2,(H,14,15)(H2,16,17,18). The van der Waals surface area contributed by atoms with Crippen LogP contribution in [0.25, 0.3) is 10.9 Å². The Morgan fingerprint density at radius 1 is 1.37 bits per heavy atom. The molecule has 0 aliphatic heterocycles. The number of carbonyl (C=O) groups is 1. The summed E-state index contributed by atoms with van der Waals surface area (Å²) in [6, 6.07) is 6.70. The molecule has 1 heterocycles. The van der Waals surface area contributed by atoms with Crippen LogP contribution in [0.2, 0.25) is 0 Å². The number of carboxylic acid groups (broad SMARTS) is 1. The third-order valence-corrected chi connectivity index (χ3v) is 4.16. The van der Waals surface area contributed by atoms with Gasteiger partial charge in [0.15, 0.2) is 0 Å². The molecule has 1 aromatic carbocycles. The Bertz CT molecular complexity index is 679. The Morgan fingerprint density at radius 2 is 2.00 bits per heavy atom. The second-order valence-electron chi connectivity index (χ2n) is 4.14. The van der Waals surface area contributed by atoms with Crippen LogP contribution in [0, 0.1) is 0 Å². The summed E-state index contributed by atoms with van der Waals surface area (Å²) < 4.78 is 25.2. The highest BCUT2D eigenvalue weighted by molar-refractivity contribution is 7.54. The van der Waals surface area contributed by atoms with E-state index in [0.717, 1.165) is 0 Å². The van der Waals surface area contributed by atoms with Gasteiger partial charge in [0.2, 0.25) is 0 Å². The zero-order valence-electron chi connectivity index (χ0n) is 9.58. The number of halogens is 1. The maximum atomic E-state index is 14.1. The zero-order valence-corrected chi connectivity index (χ0v) is 10.5. The van der Waals surface area contributed by atoms with E-state index in [2.05, 4.69) is 4.98 Å². The normalized spacial score (nSPS) is 15.3. The second-order valence-corrected chi connectivity index (χ2v) is 5.94. The Labute approximate surface area is 107 Å². The lowest BCUT2D eigenvalue weighted by Gasteiger charge is -2.21. The molecule has 0 aliphatic rings. The molecule has 19 heavy (non-hydrogen) atoms. The molecular weight excluding hydrogens is 276 g/mol. The van der Waals surface area contributed by atoms with Gasteiger partial charge in [0.05, 0.1) is 0 Å². The molecule has 0 saturated carbocycles. The number of para-hydroxylation sites is 1. The fraction of sp³-hybridized carbons (Fsp3) is 0.182. The topological polar surface area (TPSA) is 111 Å². The van der Waals surface area contributed by atoms with Gasteiger partial charge in [-0.1, -0.05) is 18.2 Å². The van der Waals surface area contributed by atoms with Crippen LogP contribution < -0.4 is 0 Å². The molecule has 2 rings (SSSR count). The van der Waals surface area contributed by atoms with Crippen molar-refractivity contribution >= 4 is 24.5 Å². The number of nitrogens with one attached hydrogen (secondary N) is 1. The van der Waals surface area contributed by atoms with Crippen molar-refractivity contribution in [2.45, 2.75) is 11.8 Å². The second kappa shape index (κ2) is 4.45. The summed E-state index contributed by atoms with van der Waals surface area (Å²) in [4.78, 5) is 31.5. The van der Waals surface area contributed by atoms with E-state index in [1.807, 2.05) is 0 Å². The van der Waals surface area contributed by atoms with Crippen molar-refractivity contribution in [2.24, 2.45) is 0 Å². The zero-order chi connectivity index (χ0) is 14.3. The number of alkyl halides is 1. The molecule has 4 N–H and O–H groups in total. The molecule has 6 nitrogen and oxygen atoms in total.